The monoisotopic (exact) mass is 418 g/mol. The summed E-state index contributed by atoms with van der Waals surface area (Å²) in [6.07, 6.45) is 1.94. The van der Waals surface area contributed by atoms with E-state index < -0.39 is 16.6 Å². The zero-order valence-electron chi connectivity index (χ0n) is 16.0. The minimum atomic E-state index is -1.55. The highest BCUT2D eigenvalue weighted by molar-refractivity contribution is 7.84. The number of carbonyl (C=O) groups excluding carboxylic acids is 1. The maximum atomic E-state index is 14.5. The second-order valence-electron chi connectivity index (χ2n) is 7.63. The molecule has 2 fully saturated rings. The number of aromatic nitrogens is 2. The van der Waals surface area contributed by atoms with Gasteiger partial charge < -0.3 is 15.0 Å². The molecule has 4 heterocycles. The molecule has 0 radical (unpaired) electrons. The largest absolute Gasteiger partial charge is 0.378 e. The molecular weight excluding hydrogens is 395 g/mol. The molecule has 3 aliphatic rings. The molecule has 0 bridgehead atoms. The van der Waals surface area contributed by atoms with Gasteiger partial charge in [0.1, 0.15) is 5.82 Å². The Hall–Kier alpha value is -2.10. The maximum absolute atomic E-state index is 14.5. The molecule has 2 unspecified atom stereocenters. The number of hydrogen-bond donors (Lipinski definition) is 1. The topological polar surface area (TPSA) is 76.5 Å². The summed E-state index contributed by atoms with van der Waals surface area (Å²) in [5, 5.41) is 8.12. The van der Waals surface area contributed by atoms with E-state index in [1.807, 2.05) is 4.68 Å². The van der Waals surface area contributed by atoms with E-state index in [0.29, 0.717) is 43.1 Å². The Balaban J connectivity index is 1.67. The summed E-state index contributed by atoms with van der Waals surface area (Å²) >= 11 is 0. The van der Waals surface area contributed by atoms with E-state index >= 15 is 0 Å². The van der Waals surface area contributed by atoms with Crippen LogP contribution in [-0.4, -0.2) is 64.2 Å². The standard InChI is InChI=1S/C20H23FN4O3S/c21-16-5-1-4-14-18-15(12-29(27)19(14)16)17(20(26)24-7-9-28-10-8-24)23-25(18)13-3-2-6-22-11-13/h1,4-5,13,22H,2-3,6-12H2. The van der Waals surface area contributed by atoms with E-state index in [2.05, 4.69) is 5.32 Å². The molecule has 5 rings (SSSR count). The van der Waals surface area contributed by atoms with E-state index in [0.717, 1.165) is 31.6 Å². The van der Waals surface area contributed by atoms with Gasteiger partial charge in [-0.15, -0.1) is 0 Å². The van der Waals surface area contributed by atoms with E-state index in [1.54, 1.807) is 17.0 Å². The summed E-state index contributed by atoms with van der Waals surface area (Å²) in [5.41, 5.74) is 2.34. The molecule has 9 heteroatoms. The fraction of sp³-hybridized carbons (Fsp3) is 0.500. The van der Waals surface area contributed by atoms with Crippen molar-refractivity contribution in [1.29, 1.82) is 0 Å². The number of carbonyl (C=O) groups is 1. The Labute approximate surface area is 170 Å². The van der Waals surface area contributed by atoms with Gasteiger partial charge in [0.25, 0.3) is 5.91 Å². The zero-order valence-corrected chi connectivity index (χ0v) is 16.8. The van der Waals surface area contributed by atoms with E-state index in [4.69, 9.17) is 9.84 Å². The molecule has 154 valence electrons. The fourth-order valence-corrected chi connectivity index (χ4v) is 5.79. The summed E-state index contributed by atoms with van der Waals surface area (Å²) in [6.45, 7) is 3.73. The molecule has 2 atom stereocenters. The first-order valence-corrected chi connectivity index (χ1v) is 11.3. The minimum Gasteiger partial charge on any atom is -0.378 e. The van der Waals surface area contributed by atoms with Crippen LogP contribution in [0.4, 0.5) is 4.39 Å². The zero-order chi connectivity index (χ0) is 20.0. The van der Waals surface area contributed by atoms with E-state index in [9.17, 15) is 13.4 Å². The first kappa shape index (κ1) is 18.9. The Morgan fingerprint density at radius 3 is 2.90 bits per heavy atom. The number of nitrogens with zero attached hydrogens (tertiary/aromatic N) is 3. The normalized spacial score (nSPS) is 24.1. The Morgan fingerprint density at radius 2 is 2.14 bits per heavy atom. The number of ether oxygens (including phenoxy) is 1. The van der Waals surface area contributed by atoms with Gasteiger partial charge in [0, 0.05) is 30.8 Å². The minimum absolute atomic E-state index is 0.0754. The molecule has 0 spiro atoms. The SMILES string of the molecule is O=C(c1nn(C2CCCNC2)c2c1CS(=O)c1c(F)cccc1-2)N1CCOCC1. The molecular formula is C20H23FN4O3S. The van der Waals surface area contributed by atoms with Crippen molar-refractivity contribution in [2.24, 2.45) is 0 Å². The van der Waals surface area contributed by atoms with Gasteiger partial charge in [-0.25, -0.2) is 4.39 Å². The van der Waals surface area contributed by atoms with Crippen LogP contribution in [-0.2, 0) is 21.3 Å². The average Bonchev–Trinajstić information content (AvgIpc) is 3.14. The van der Waals surface area contributed by atoms with Gasteiger partial charge in [-0.3, -0.25) is 13.7 Å². The van der Waals surface area contributed by atoms with Crippen LogP contribution in [0.15, 0.2) is 23.1 Å². The van der Waals surface area contributed by atoms with E-state index in [-0.39, 0.29) is 22.6 Å². The number of rotatable bonds is 2. The Bertz CT molecular complexity index is 980. The van der Waals surface area contributed by atoms with Gasteiger partial charge in [-0.2, -0.15) is 5.10 Å². The van der Waals surface area contributed by atoms with Gasteiger partial charge in [0.05, 0.1) is 46.4 Å². The quantitative estimate of drug-likeness (QED) is 0.804. The maximum Gasteiger partial charge on any atom is 0.274 e. The first-order valence-electron chi connectivity index (χ1n) is 10.0. The summed E-state index contributed by atoms with van der Waals surface area (Å²) in [7, 11) is -1.55. The van der Waals surface area contributed by atoms with Crippen molar-refractivity contribution < 1.29 is 18.1 Å². The van der Waals surface area contributed by atoms with Crippen molar-refractivity contribution in [3.8, 4) is 11.3 Å². The average molecular weight is 418 g/mol. The van der Waals surface area contributed by atoms with Gasteiger partial charge in [0.2, 0.25) is 0 Å². The van der Waals surface area contributed by atoms with Crippen LogP contribution in [0.25, 0.3) is 11.3 Å². The number of amides is 1. The third-order valence-corrected chi connectivity index (χ3v) is 7.27. The van der Waals surface area contributed by atoms with E-state index in [1.165, 1.54) is 6.07 Å². The van der Waals surface area contributed by atoms with Crippen LogP contribution >= 0.6 is 0 Å². The van der Waals surface area contributed by atoms with Crippen LogP contribution in [0.3, 0.4) is 0 Å². The number of piperidine rings is 1. The van der Waals surface area contributed by atoms with Gasteiger partial charge in [-0.05, 0) is 25.5 Å². The van der Waals surface area contributed by atoms with Crippen molar-refractivity contribution in [2.45, 2.75) is 29.5 Å². The predicted octanol–water partition coefficient (Wildman–Crippen LogP) is 1.71. The van der Waals surface area contributed by atoms with Crippen molar-refractivity contribution in [3.63, 3.8) is 0 Å². The molecule has 3 aliphatic heterocycles. The lowest BCUT2D eigenvalue weighted by Gasteiger charge is -2.27. The molecule has 1 amide bonds. The molecule has 29 heavy (non-hydrogen) atoms. The fourth-order valence-electron chi connectivity index (χ4n) is 4.42. The van der Waals surface area contributed by atoms with Gasteiger partial charge >= 0.3 is 0 Å². The third-order valence-electron chi connectivity index (χ3n) is 5.85. The predicted molar refractivity (Wildman–Crippen MR) is 106 cm³/mol. The van der Waals surface area contributed by atoms with Crippen molar-refractivity contribution >= 4 is 16.7 Å². The summed E-state index contributed by atoms with van der Waals surface area (Å²) in [5.74, 6) is -0.527. The molecule has 1 aromatic carbocycles. The summed E-state index contributed by atoms with van der Waals surface area (Å²) < 4.78 is 34.6. The Kier molecular flexibility index (Phi) is 4.97. The lowest BCUT2D eigenvalue weighted by Crippen LogP contribution is -2.41. The lowest BCUT2D eigenvalue weighted by atomic mass is 10.0. The number of morpholine rings is 1. The molecule has 0 aliphatic carbocycles. The molecule has 1 N–H and O–H groups in total. The highest BCUT2D eigenvalue weighted by Gasteiger charge is 2.36. The van der Waals surface area contributed by atoms with Crippen LogP contribution in [0.1, 0.15) is 34.9 Å². The number of benzene rings is 1. The second kappa shape index (κ2) is 7.62. The van der Waals surface area contributed by atoms with Crippen molar-refractivity contribution in [3.05, 3.63) is 35.3 Å². The highest BCUT2D eigenvalue weighted by atomic mass is 32.2. The smallest absolute Gasteiger partial charge is 0.274 e. The number of hydrogen-bond acceptors (Lipinski definition) is 5. The van der Waals surface area contributed by atoms with Crippen molar-refractivity contribution in [1.82, 2.24) is 20.0 Å². The van der Waals surface area contributed by atoms with Crippen LogP contribution in [0.2, 0.25) is 0 Å². The lowest BCUT2D eigenvalue weighted by molar-refractivity contribution is 0.0297. The molecule has 2 saturated heterocycles. The summed E-state index contributed by atoms with van der Waals surface area (Å²) in [6, 6.07) is 4.82. The van der Waals surface area contributed by atoms with Crippen LogP contribution in [0.5, 0.6) is 0 Å². The van der Waals surface area contributed by atoms with Crippen LogP contribution < -0.4 is 5.32 Å². The number of nitrogens with one attached hydrogen (secondary N) is 1. The van der Waals surface area contributed by atoms with Crippen LogP contribution in [0, 0.1) is 5.82 Å². The Morgan fingerprint density at radius 1 is 1.31 bits per heavy atom. The number of halogens is 1. The van der Waals surface area contributed by atoms with Gasteiger partial charge in [0.15, 0.2) is 5.69 Å². The molecule has 1 aromatic heterocycles. The second-order valence-corrected chi connectivity index (χ2v) is 9.02. The summed E-state index contributed by atoms with van der Waals surface area (Å²) in [4.78, 5) is 15.2. The molecule has 0 saturated carbocycles. The molecule has 7 nitrogen and oxygen atoms in total. The molecule has 2 aromatic rings. The van der Waals surface area contributed by atoms with Gasteiger partial charge in [-0.1, -0.05) is 12.1 Å². The third kappa shape index (κ3) is 3.21. The highest BCUT2D eigenvalue weighted by Crippen LogP contribution is 2.41. The first-order chi connectivity index (χ1) is 14.1. The van der Waals surface area contributed by atoms with Crippen molar-refractivity contribution in [2.75, 3.05) is 39.4 Å². The number of fused-ring (bicyclic) bond motifs is 3.